The summed E-state index contributed by atoms with van der Waals surface area (Å²) < 4.78 is 0. The van der Waals surface area contributed by atoms with Crippen molar-refractivity contribution in [2.75, 3.05) is 0 Å². The van der Waals surface area contributed by atoms with E-state index in [9.17, 15) is 4.79 Å². The van der Waals surface area contributed by atoms with Crippen molar-refractivity contribution in [3.8, 4) is 11.3 Å². The van der Waals surface area contributed by atoms with Crippen molar-refractivity contribution in [1.29, 1.82) is 0 Å². The molecule has 84 valence electrons. The molecule has 4 nitrogen and oxygen atoms in total. The van der Waals surface area contributed by atoms with Crippen LogP contribution in [0.25, 0.3) is 22.2 Å². The Morgan fingerprint density at radius 1 is 1.35 bits per heavy atom. The summed E-state index contributed by atoms with van der Waals surface area (Å²) in [6, 6.07) is 6.92. The molecule has 2 heterocycles. The van der Waals surface area contributed by atoms with Crippen LogP contribution in [0, 0.1) is 0 Å². The van der Waals surface area contributed by atoms with Crippen LogP contribution in [0.15, 0.2) is 35.0 Å². The predicted octanol–water partition coefficient (Wildman–Crippen LogP) is 2.99. The Morgan fingerprint density at radius 2 is 2.24 bits per heavy atom. The van der Waals surface area contributed by atoms with Crippen molar-refractivity contribution < 1.29 is 9.90 Å². The standard InChI is InChI=1S/C12H8N2O2S/c15-12(16)7-1-2-10-9(5-7)11(14-13-10)8-3-4-17-6-8/h1-6H,(H,13,14)(H,15,16). The molecule has 0 radical (unpaired) electrons. The lowest BCUT2D eigenvalue weighted by Gasteiger charge is -1.96. The number of thiophene rings is 1. The molecule has 5 heteroatoms. The molecule has 0 fully saturated rings. The first-order valence-electron chi connectivity index (χ1n) is 5.00. The van der Waals surface area contributed by atoms with E-state index >= 15 is 0 Å². The zero-order valence-electron chi connectivity index (χ0n) is 8.68. The number of rotatable bonds is 2. The average molecular weight is 244 g/mol. The second-order valence-corrected chi connectivity index (χ2v) is 4.43. The number of fused-ring (bicyclic) bond motifs is 1. The van der Waals surface area contributed by atoms with Gasteiger partial charge in [0.2, 0.25) is 0 Å². The van der Waals surface area contributed by atoms with E-state index in [1.165, 1.54) is 0 Å². The smallest absolute Gasteiger partial charge is 0.335 e. The number of benzene rings is 1. The number of nitrogens with zero attached hydrogens (tertiary/aromatic N) is 1. The van der Waals surface area contributed by atoms with Crippen LogP contribution in [0.3, 0.4) is 0 Å². The molecule has 0 atom stereocenters. The third-order valence-corrected chi connectivity index (χ3v) is 3.29. The van der Waals surface area contributed by atoms with Crippen LogP contribution in [0.5, 0.6) is 0 Å². The Bertz CT molecular complexity index is 686. The van der Waals surface area contributed by atoms with Crippen molar-refractivity contribution in [3.63, 3.8) is 0 Å². The maximum absolute atomic E-state index is 10.9. The molecule has 0 saturated heterocycles. The maximum atomic E-state index is 10.9. The first-order chi connectivity index (χ1) is 8.25. The largest absolute Gasteiger partial charge is 0.478 e. The second kappa shape index (κ2) is 3.71. The lowest BCUT2D eigenvalue weighted by Crippen LogP contribution is -1.94. The molecule has 0 aliphatic heterocycles. The monoisotopic (exact) mass is 244 g/mol. The van der Waals surface area contributed by atoms with Crippen LogP contribution in [0.1, 0.15) is 10.4 Å². The Morgan fingerprint density at radius 3 is 2.94 bits per heavy atom. The van der Waals surface area contributed by atoms with Crippen LogP contribution in [0.2, 0.25) is 0 Å². The molecule has 0 amide bonds. The van der Waals surface area contributed by atoms with E-state index in [1.807, 2.05) is 16.8 Å². The van der Waals surface area contributed by atoms with Crippen molar-refractivity contribution in [1.82, 2.24) is 10.2 Å². The molecule has 2 N–H and O–H groups in total. The molecule has 1 aromatic carbocycles. The number of carboxylic acid groups (broad SMARTS) is 1. The number of aromatic nitrogens is 2. The SMILES string of the molecule is O=C(O)c1ccc2[nH]nc(-c3ccsc3)c2c1. The fourth-order valence-electron chi connectivity index (χ4n) is 1.77. The zero-order chi connectivity index (χ0) is 11.8. The minimum atomic E-state index is -0.927. The van der Waals surface area contributed by atoms with E-state index in [0.717, 1.165) is 22.2 Å². The highest BCUT2D eigenvalue weighted by Gasteiger charge is 2.11. The van der Waals surface area contributed by atoms with Gasteiger partial charge in [-0.3, -0.25) is 5.10 Å². The van der Waals surface area contributed by atoms with E-state index in [1.54, 1.807) is 29.5 Å². The van der Waals surface area contributed by atoms with E-state index in [0.29, 0.717) is 0 Å². The van der Waals surface area contributed by atoms with Gasteiger partial charge in [0.1, 0.15) is 5.69 Å². The highest BCUT2D eigenvalue weighted by molar-refractivity contribution is 7.08. The first-order valence-corrected chi connectivity index (χ1v) is 5.94. The van der Waals surface area contributed by atoms with Gasteiger partial charge in [-0.15, -0.1) is 0 Å². The molecule has 0 unspecified atom stereocenters. The minimum Gasteiger partial charge on any atom is -0.478 e. The third-order valence-electron chi connectivity index (χ3n) is 2.60. The molecule has 3 aromatic rings. The molecular weight excluding hydrogens is 236 g/mol. The third kappa shape index (κ3) is 1.60. The number of carboxylic acids is 1. The van der Waals surface area contributed by atoms with Gasteiger partial charge in [-0.25, -0.2) is 4.79 Å². The molecule has 2 aromatic heterocycles. The summed E-state index contributed by atoms with van der Waals surface area (Å²) in [6.45, 7) is 0. The van der Waals surface area contributed by atoms with E-state index < -0.39 is 5.97 Å². The van der Waals surface area contributed by atoms with Crippen molar-refractivity contribution in [2.24, 2.45) is 0 Å². The van der Waals surface area contributed by atoms with Crippen LogP contribution < -0.4 is 0 Å². The second-order valence-electron chi connectivity index (χ2n) is 3.65. The summed E-state index contributed by atoms with van der Waals surface area (Å²) in [4.78, 5) is 10.9. The van der Waals surface area contributed by atoms with Crippen molar-refractivity contribution in [2.45, 2.75) is 0 Å². The van der Waals surface area contributed by atoms with Crippen LogP contribution >= 0.6 is 11.3 Å². The molecule has 0 aliphatic carbocycles. The number of aromatic amines is 1. The van der Waals surface area contributed by atoms with E-state index in [-0.39, 0.29) is 5.56 Å². The van der Waals surface area contributed by atoms with Gasteiger partial charge in [-0.2, -0.15) is 16.4 Å². The van der Waals surface area contributed by atoms with Crippen molar-refractivity contribution >= 4 is 28.2 Å². The van der Waals surface area contributed by atoms with E-state index in [2.05, 4.69) is 10.2 Å². The highest BCUT2D eigenvalue weighted by atomic mass is 32.1. The zero-order valence-corrected chi connectivity index (χ0v) is 9.49. The summed E-state index contributed by atoms with van der Waals surface area (Å²) in [6.07, 6.45) is 0. The quantitative estimate of drug-likeness (QED) is 0.728. The van der Waals surface area contributed by atoms with Crippen LogP contribution in [-0.2, 0) is 0 Å². The fraction of sp³-hybridized carbons (Fsp3) is 0. The fourth-order valence-corrected chi connectivity index (χ4v) is 2.41. The molecule has 0 aliphatic rings. The number of aromatic carboxylic acids is 1. The molecule has 3 rings (SSSR count). The lowest BCUT2D eigenvalue weighted by atomic mass is 10.1. The van der Waals surface area contributed by atoms with Gasteiger partial charge < -0.3 is 5.11 Å². The molecule has 0 saturated carbocycles. The summed E-state index contributed by atoms with van der Waals surface area (Å²) >= 11 is 1.59. The number of carbonyl (C=O) groups is 1. The van der Waals surface area contributed by atoms with Gasteiger partial charge in [0.05, 0.1) is 11.1 Å². The Hall–Kier alpha value is -2.14. The number of hydrogen-bond acceptors (Lipinski definition) is 3. The molecular formula is C12H8N2O2S. The summed E-state index contributed by atoms with van der Waals surface area (Å²) in [7, 11) is 0. The number of H-pyrrole nitrogens is 1. The van der Waals surface area contributed by atoms with Gasteiger partial charge in [0, 0.05) is 16.3 Å². The Balaban J connectivity index is 2.26. The Kier molecular flexibility index (Phi) is 2.19. The summed E-state index contributed by atoms with van der Waals surface area (Å²) in [5.41, 5.74) is 2.92. The summed E-state index contributed by atoms with van der Waals surface area (Å²) in [5, 5.41) is 20.9. The van der Waals surface area contributed by atoms with Crippen LogP contribution in [-0.4, -0.2) is 21.3 Å². The average Bonchev–Trinajstić information content (AvgIpc) is 2.96. The highest BCUT2D eigenvalue weighted by Crippen LogP contribution is 2.28. The normalized spacial score (nSPS) is 10.8. The molecule has 17 heavy (non-hydrogen) atoms. The number of nitrogens with one attached hydrogen (secondary N) is 1. The predicted molar refractivity (Wildman–Crippen MR) is 66.4 cm³/mol. The summed E-state index contributed by atoms with van der Waals surface area (Å²) in [5.74, 6) is -0.927. The van der Waals surface area contributed by atoms with Gasteiger partial charge in [0.15, 0.2) is 0 Å². The van der Waals surface area contributed by atoms with Gasteiger partial charge in [-0.05, 0) is 29.6 Å². The van der Waals surface area contributed by atoms with E-state index in [4.69, 9.17) is 5.11 Å². The minimum absolute atomic E-state index is 0.273. The Labute approximate surface area is 101 Å². The first kappa shape index (κ1) is 10.0. The van der Waals surface area contributed by atoms with Gasteiger partial charge in [0.25, 0.3) is 0 Å². The number of hydrogen-bond donors (Lipinski definition) is 2. The van der Waals surface area contributed by atoms with Crippen molar-refractivity contribution in [3.05, 3.63) is 40.6 Å². The van der Waals surface area contributed by atoms with Crippen LogP contribution in [0.4, 0.5) is 0 Å². The molecule has 0 bridgehead atoms. The van der Waals surface area contributed by atoms with Gasteiger partial charge >= 0.3 is 5.97 Å². The molecule has 0 spiro atoms. The maximum Gasteiger partial charge on any atom is 0.335 e. The lowest BCUT2D eigenvalue weighted by molar-refractivity contribution is 0.0697. The van der Waals surface area contributed by atoms with Gasteiger partial charge in [-0.1, -0.05) is 0 Å². The topological polar surface area (TPSA) is 66.0 Å².